The first kappa shape index (κ1) is 14.5. The summed E-state index contributed by atoms with van der Waals surface area (Å²) in [4.78, 5) is 18.5. The molecule has 5 heteroatoms. The van der Waals surface area contributed by atoms with E-state index >= 15 is 0 Å². The average Bonchev–Trinajstić information content (AvgIpc) is 3.34. The van der Waals surface area contributed by atoms with Gasteiger partial charge in [-0.2, -0.15) is 0 Å². The second kappa shape index (κ2) is 5.85. The van der Waals surface area contributed by atoms with Crippen LogP contribution in [-0.4, -0.2) is 20.7 Å². The number of nitrogens with one attached hydrogen (secondary N) is 1. The summed E-state index contributed by atoms with van der Waals surface area (Å²) in [6.45, 7) is 0. The summed E-state index contributed by atoms with van der Waals surface area (Å²) >= 11 is 0. The number of aromatic amines is 1. The maximum absolute atomic E-state index is 11.2. The monoisotopic (exact) mass is 318 g/mol. The van der Waals surface area contributed by atoms with Gasteiger partial charge in [0.05, 0.1) is 0 Å². The van der Waals surface area contributed by atoms with E-state index in [0.29, 0.717) is 11.3 Å². The van der Waals surface area contributed by atoms with E-state index in [1.165, 1.54) is 19.3 Å². The number of nitrogen functional groups attached to an aromatic ring is 1. The van der Waals surface area contributed by atoms with Gasteiger partial charge in [0, 0.05) is 23.3 Å². The van der Waals surface area contributed by atoms with Gasteiger partial charge in [-0.1, -0.05) is 31.4 Å². The number of anilines is 1. The number of nitrogens with two attached hydrogens (primary N) is 1. The van der Waals surface area contributed by atoms with Crippen LogP contribution in [0.15, 0.2) is 48.8 Å². The number of fused-ring (bicyclic) bond motifs is 2. The van der Waals surface area contributed by atoms with Crippen LogP contribution in [0.5, 0.6) is 0 Å². The molecule has 0 unspecified atom stereocenters. The predicted molar refractivity (Wildman–Crippen MR) is 96.1 cm³/mol. The molecule has 4 aromatic rings. The third-order valence-electron chi connectivity index (χ3n) is 4.06. The van der Waals surface area contributed by atoms with E-state index in [9.17, 15) is 4.79 Å². The van der Waals surface area contributed by atoms with Gasteiger partial charge in [-0.05, 0) is 35.4 Å². The molecule has 1 aromatic carbocycles. The maximum atomic E-state index is 11.2. The molecule has 1 aliphatic rings. The highest BCUT2D eigenvalue weighted by Crippen LogP contribution is 2.29. The molecule has 3 aromatic heterocycles. The van der Waals surface area contributed by atoms with Gasteiger partial charge in [0.1, 0.15) is 11.3 Å². The average molecular weight is 318 g/mol. The highest BCUT2D eigenvalue weighted by molar-refractivity contribution is 5.95. The molecule has 0 amide bonds. The smallest absolute Gasteiger partial charge is 0.170 e. The number of aldehydes is 1. The quantitative estimate of drug-likeness (QED) is 0.547. The van der Waals surface area contributed by atoms with Crippen molar-refractivity contribution in [2.24, 2.45) is 0 Å². The van der Waals surface area contributed by atoms with Crippen LogP contribution in [0.25, 0.3) is 27.7 Å². The van der Waals surface area contributed by atoms with E-state index < -0.39 is 0 Å². The second-order valence-corrected chi connectivity index (χ2v) is 5.95. The molecule has 120 valence electrons. The Bertz CT molecular complexity index is 1020. The number of imidazole rings is 1. The molecule has 0 radical (unpaired) electrons. The molecular weight excluding hydrogens is 300 g/mol. The van der Waals surface area contributed by atoms with Crippen LogP contribution < -0.4 is 5.73 Å². The van der Waals surface area contributed by atoms with Crippen molar-refractivity contribution in [2.45, 2.75) is 19.3 Å². The topological polar surface area (TPSA) is 76.2 Å². The molecule has 3 heterocycles. The molecule has 24 heavy (non-hydrogen) atoms. The van der Waals surface area contributed by atoms with Crippen molar-refractivity contribution in [3.05, 3.63) is 54.5 Å². The standard InChI is InChI=1S/C16H12N4O.C3H6/c17-16-14(9-21)20-8-10(4-5-15(20)19-16)11-2-1-3-13-12(11)6-7-18-13;1-2-3-1/h1-9,18H,17H2;1-3H2. The van der Waals surface area contributed by atoms with Gasteiger partial charge >= 0.3 is 0 Å². The summed E-state index contributed by atoms with van der Waals surface area (Å²) in [7, 11) is 0. The predicted octanol–water partition coefficient (Wildman–Crippen LogP) is 4.05. The number of rotatable bonds is 2. The fourth-order valence-electron chi connectivity index (χ4n) is 2.69. The minimum atomic E-state index is 0.252. The lowest BCUT2D eigenvalue weighted by molar-refractivity contribution is 0.111. The van der Waals surface area contributed by atoms with E-state index in [0.717, 1.165) is 28.3 Å². The van der Waals surface area contributed by atoms with Crippen molar-refractivity contribution in [3.8, 4) is 11.1 Å². The SMILES string of the molecule is C1CC1.Nc1nc2ccc(-c3cccc4[nH]ccc34)cn2c1C=O. The van der Waals surface area contributed by atoms with Gasteiger partial charge in [-0.25, -0.2) is 4.98 Å². The van der Waals surface area contributed by atoms with Crippen molar-refractivity contribution in [1.82, 2.24) is 14.4 Å². The Morgan fingerprint density at radius 1 is 1.12 bits per heavy atom. The van der Waals surface area contributed by atoms with Gasteiger partial charge in [-0.3, -0.25) is 9.20 Å². The largest absolute Gasteiger partial charge is 0.382 e. The molecular formula is C19H18N4O. The first-order valence-electron chi connectivity index (χ1n) is 8.07. The van der Waals surface area contributed by atoms with E-state index in [1.54, 1.807) is 4.40 Å². The van der Waals surface area contributed by atoms with Crippen LogP contribution in [0.1, 0.15) is 29.8 Å². The zero-order valence-corrected chi connectivity index (χ0v) is 13.2. The number of benzene rings is 1. The number of H-pyrrole nitrogens is 1. The van der Waals surface area contributed by atoms with Gasteiger partial charge in [0.25, 0.3) is 0 Å². The first-order valence-corrected chi connectivity index (χ1v) is 8.07. The van der Waals surface area contributed by atoms with E-state index in [1.807, 2.05) is 42.7 Å². The molecule has 1 fully saturated rings. The molecule has 3 N–H and O–H groups in total. The Morgan fingerprint density at radius 3 is 2.71 bits per heavy atom. The van der Waals surface area contributed by atoms with E-state index in [4.69, 9.17) is 5.73 Å². The summed E-state index contributed by atoms with van der Waals surface area (Å²) in [6, 6.07) is 12.0. The van der Waals surface area contributed by atoms with Crippen molar-refractivity contribution in [3.63, 3.8) is 0 Å². The molecule has 1 aliphatic carbocycles. The summed E-state index contributed by atoms with van der Waals surface area (Å²) in [6.07, 6.45) is 9.04. The number of hydrogen-bond acceptors (Lipinski definition) is 3. The molecule has 1 saturated carbocycles. The fraction of sp³-hybridized carbons (Fsp3) is 0.158. The van der Waals surface area contributed by atoms with Crippen molar-refractivity contribution < 1.29 is 4.79 Å². The van der Waals surface area contributed by atoms with Crippen LogP contribution in [-0.2, 0) is 0 Å². The number of pyridine rings is 1. The van der Waals surface area contributed by atoms with Gasteiger partial charge in [0.15, 0.2) is 12.1 Å². The third kappa shape index (κ3) is 2.54. The summed E-state index contributed by atoms with van der Waals surface area (Å²) < 4.78 is 1.73. The molecule has 5 rings (SSSR count). The highest BCUT2D eigenvalue weighted by atomic mass is 16.1. The Hall–Kier alpha value is -3.08. The zero-order valence-electron chi connectivity index (χ0n) is 13.2. The van der Waals surface area contributed by atoms with Crippen molar-refractivity contribution >= 4 is 28.7 Å². The van der Waals surface area contributed by atoms with E-state index in [-0.39, 0.29) is 5.82 Å². The van der Waals surface area contributed by atoms with E-state index in [2.05, 4.69) is 16.0 Å². The van der Waals surface area contributed by atoms with Crippen LogP contribution in [0.4, 0.5) is 5.82 Å². The minimum absolute atomic E-state index is 0.252. The molecule has 0 bridgehead atoms. The van der Waals surface area contributed by atoms with Gasteiger partial charge in [0.2, 0.25) is 0 Å². The number of carbonyl (C=O) groups excluding carboxylic acids is 1. The van der Waals surface area contributed by atoms with Crippen LogP contribution in [0.2, 0.25) is 0 Å². The number of carbonyl (C=O) groups is 1. The first-order chi connectivity index (χ1) is 11.8. The second-order valence-electron chi connectivity index (χ2n) is 5.95. The molecule has 0 spiro atoms. The number of aromatic nitrogens is 3. The molecule has 0 saturated heterocycles. The van der Waals surface area contributed by atoms with Crippen LogP contribution in [0.3, 0.4) is 0 Å². The van der Waals surface area contributed by atoms with Crippen molar-refractivity contribution in [2.75, 3.05) is 5.73 Å². The Balaban J connectivity index is 0.000000440. The normalized spacial score (nSPS) is 12.8. The number of hydrogen-bond donors (Lipinski definition) is 2. The summed E-state index contributed by atoms with van der Waals surface area (Å²) in [5.41, 5.74) is 9.99. The Labute approximate surface area is 139 Å². The molecule has 0 aliphatic heterocycles. The third-order valence-corrected chi connectivity index (χ3v) is 4.06. The zero-order chi connectivity index (χ0) is 16.5. The van der Waals surface area contributed by atoms with Gasteiger partial charge < -0.3 is 10.7 Å². The highest BCUT2D eigenvalue weighted by Gasteiger charge is 2.11. The fourth-order valence-corrected chi connectivity index (χ4v) is 2.69. The molecule has 5 nitrogen and oxygen atoms in total. The minimum Gasteiger partial charge on any atom is -0.382 e. The van der Waals surface area contributed by atoms with Crippen LogP contribution in [0, 0.1) is 0 Å². The summed E-state index contributed by atoms with van der Waals surface area (Å²) in [5, 5.41) is 1.14. The van der Waals surface area contributed by atoms with Crippen molar-refractivity contribution in [1.29, 1.82) is 0 Å². The Morgan fingerprint density at radius 2 is 1.96 bits per heavy atom. The summed E-state index contributed by atoms with van der Waals surface area (Å²) in [5.74, 6) is 0.252. The Kier molecular flexibility index (Phi) is 3.54. The lowest BCUT2D eigenvalue weighted by Crippen LogP contribution is -1.95. The lowest BCUT2D eigenvalue weighted by atomic mass is 10.0. The lowest BCUT2D eigenvalue weighted by Gasteiger charge is -2.05. The number of nitrogens with zero attached hydrogens (tertiary/aromatic N) is 2. The maximum Gasteiger partial charge on any atom is 0.170 e. The molecule has 0 atom stereocenters. The van der Waals surface area contributed by atoms with Crippen LogP contribution >= 0.6 is 0 Å². The van der Waals surface area contributed by atoms with Gasteiger partial charge in [-0.15, -0.1) is 0 Å².